The smallest absolute Gasteiger partial charge is 0.270 e. The summed E-state index contributed by atoms with van der Waals surface area (Å²) in [6.07, 6.45) is -3.03. The zero-order valence-electron chi connectivity index (χ0n) is 7.27. The lowest BCUT2D eigenvalue weighted by molar-refractivity contribution is -0.0903. The van der Waals surface area contributed by atoms with Crippen LogP contribution in [0.25, 0.3) is 0 Å². The summed E-state index contributed by atoms with van der Waals surface area (Å²) < 4.78 is 38.3. The molecule has 1 atom stereocenters. The second-order valence-electron chi connectivity index (χ2n) is 3.07. The van der Waals surface area contributed by atoms with Gasteiger partial charge in [0.25, 0.3) is 6.43 Å². The Morgan fingerprint density at radius 3 is 2.43 bits per heavy atom. The number of benzene rings is 1. The lowest BCUT2D eigenvalue weighted by Gasteiger charge is -2.23. The normalized spacial score (nSPS) is 15.6. The fraction of sp³-hybridized carbons (Fsp3) is 0.333. The molecule has 0 saturated carbocycles. The fourth-order valence-corrected chi connectivity index (χ4v) is 1.35. The van der Waals surface area contributed by atoms with Gasteiger partial charge < -0.3 is 5.11 Å². The molecule has 0 saturated heterocycles. The zero-order valence-corrected chi connectivity index (χ0v) is 8.85. The molecule has 0 radical (unpaired) electrons. The van der Waals surface area contributed by atoms with E-state index in [4.69, 9.17) is 0 Å². The van der Waals surface area contributed by atoms with Gasteiger partial charge in [-0.05, 0) is 19.1 Å². The molecule has 0 heterocycles. The molecule has 1 unspecified atom stereocenters. The van der Waals surface area contributed by atoms with Crippen LogP contribution in [0.1, 0.15) is 12.5 Å². The number of halogens is 4. The first kappa shape index (κ1) is 11.5. The molecule has 0 aliphatic carbocycles. The van der Waals surface area contributed by atoms with E-state index < -0.39 is 23.4 Å². The van der Waals surface area contributed by atoms with Crippen LogP contribution in [0.5, 0.6) is 0 Å². The highest BCUT2D eigenvalue weighted by Gasteiger charge is 2.36. The van der Waals surface area contributed by atoms with Crippen LogP contribution in [-0.4, -0.2) is 11.5 Å². The molecule has 0 spiro atoms. The van der Waals surface area contributed by atoms with Crippen LogP contribution >= 0.6 is 15.9 Å². The highest BCUT2D eigenvalue weighted by Crippen LogP contribution is 2.30. The maximum absolute atomic E-state index is 13.2. The van der Waals surface area contributed by atoms with E-state index in [1.165, 1.54) is 6.07 Å². The summed E-state index contributed by atoms with van der Waals surface area (Å²) in [5.41, 5.74) is -2.86. The molecule has 78 valence electrons. The molecule has 0 amide bonds. The molecular weight excluding hydrogens is 261 g/mol. The Hall–Kier alpha value is -0.550. The van der Waals surface area contributed by atoms with Crippen LogP contribution in [0, 0.1) is 5.82 Å². The molecule has 1 rings (SSSR count). The summed E-state index contributed by atoms with van der Waals surface area (Å²) in [6.45, 7) is 0.879. The molecule has 1 nitrogen and oxygen atoms in total. The van der Waals surface area contributed by atoms with Gasteiger partial charge in [-0.2, -0.15) is 0 Å². The Bertz CT molecular complexity index is 339. The van der Waals surface area contributed by atoms with Gasteiger partial charge in [0.05, 0.1) is 0 Å². The van der Waals surface area contributed by atoms with Crippen molar-refractivity contribution < 1.29 is 18.3 Å². The van der Waals surface area contributed by atoms with Gasteiger partial charge in [-0.3, -0.25) is 0 Å². The molecule has 0 fully saturated rings. The van der Waals surface area contributed by atoms with Crippen molar-refractivity contribution in [2.45, 2.75) is 19.0 Å². The van der Waals surface area contributed by atoms with E-state index in [1.807, 2.05) is 0 Å². The first-order valence-electron chi connectivity index (χ1n) is 3.81. The van der Waals surface area contributed by atoms with E-state index in [0.717, 1.165) is 19.1 Å². The Morgan fingerprint density at radius 1 is 1.43 bits per heavy atom. The third-order valence-corrected chi connectivity index (χ3v) is 2.39. The van der Waals surface area contributed by atoms with Gasteiger partial charge in [-0.25, -0.2) is 13.2 Å². The van der Waals surface area contributed by atoms with Crippen molar-refractivity contribution in [3.05, 3.63) is 34.1 Å². The summed E-state index contributed by atoms with van der Waals surface area (Å²) in [4.78, 5) is 0. The maximum atomic E-state index is 13.2. The highest BCUT2D eigenvalue weighted by atomic mass is 79.9. The maximum Gasteiger partial charge on any atom is 0.270 e. The first-order valence-corrected chi connectivity index (χ1v) is 4.61. The molecule has 14 heavy (non-hydrogen) atoms. The van der Waals surface area contributed by atoms with Crippen molar-refractivity contribution in [1.82, 2.24) is 0 Å². The molecule has 0 bridgehead atoms. The number of aliphatic hydroxyl groups is 1. The largest absolute Gasteiger partial charge is 0.379 e. The average molecular weight is 269 g/mol. The Morgan fingerprint density at radius 2 is 2.00 bits per heavy atom. The van der Waals surface area contributed by atoms with E-state index in [1.54, 1.807) is 0 Å². The monoisotopic (exact) mass is 268 g/mol. The average Bonchev–Trinajstić information content (AvgIpc) is 2.02. The van der Waals surface area contributed by atoms with Crippen molar-refractivity contribution in [2.75, 3.05) is 0 Å². The summed E-state index contributed by atoms with van der Waals surface area (Å²) >= 11 is 2.99. The number of alkyl halides is 2. The second kappa shape index (κ2) is 3.90. The Balaban J connectivity index is 3.19. The van der Waals surface area contributed by atoms with Gasteiger partial charge in [0.1, 0.15) is 5.82 Å². The van der Waals surface area contributed by atoms with Crippen LogP contribution in [0.4, 0.5) is 13.2 Å². The van der Waals surface area contributed by atoms with Gasteiger partial charge in [-0.1, -0.05) is 22.0 Å². The van der Waals surface area contributed by atoms with Gasteiger partial charge in [0.15, 0.2) is 5.60 Å². The van der Waals surface area contributed by atoms with Crippen LogP contribution in [0.3, 0.4) is 0 Å². The van der Waals surface area contributed by atoms with Gasteiger partial charge in [0.2, 0.25) is 0 Å². The first-order chi connectivity index (χ1) is 6.35. The minimum atomic E-state index is -3.03. The highest BCUT2D eigenvalue weighted by molar-refractivity contribution is 9.10. The van der Waals surface area contributed by atoms with Crippen LogP contribution in [0.15, 0.2) is 22.7 Å². The van der Waals surface area contributed by atoms with Gasteiger partial charge in [-0.15, -0.1) is 0 Å². The Kier molecular flexibility index (Phi) is 3.21. The minimum absolute atomic E-state index is 0.407. The van der Waals surface area contributed by atoms with Crippen LogP contribution in [-0.2, 0) is 5.60 Å². The summed E-state index contributed by atoms with van der Waals surface area (Å²) in [5, 5.41) is 9.33. The minimum Gasteiger partial charge on any atom is -0.379 e. The molecular formula is C9H8BrF3O. The van der Waals surface area contributed by atoms with E-state index in [2.05, 4.69) is 15.9 Å². The van der Waals surface area contributed by atoms with E-state index in [9.17, 15) is 18.3 Å². The van der Waals surface area contributed by atoms with Crippen molar-refractivity contribution in [3.8, 4) is 0 Å². The standard InChI is InChI=1S/C9H8BrF3O/c1-9(14,8(12)13)6-3-2-5(10)4-7(6)11/h2-4,8,14H,1H3. The second-order valence-corrected chi connectivity index (χ2v) is 3.99. The lowest BCUT2D eigenvalue weighted by Crippen LogP contribution is -2.31. The number of rotatable bonds is 2. The molecule has 1 aromatic carbocycles. The van der Waals surface area contributed by atoms with Crippen molar-refractivity contribution in [3.63, 3.8) is 0 Å². The van der Waals surface area contributed by atoms with Crippen LogP contribution in [0.2, 0.25) is 0 Å². The Labute approximate surface area is 87.7 Å². The van der Waals surface area contributed by atoms with E-state index >= 15 is 0 Å². The third-order valence-electron chi connectivity index (χ3n) is 1.90. The molecule has 1 N–H and O–H groups in total. The van der Waals surface area contributed by atoms with Crippen LogP contribution < -0.4 is 0 Å². The SMILES string of the molecule is CC(O)(c1ccc(Br)cc1F)C(F)F. The molecule has 0 aromatic heterocycles. The third kappa shape index (κ3) is 2.09. The molecule has 0 aliphatic heterocycles. The van der Waals surface area contributed by atoms with Gasteiger partial charge >= 0.3 is 0 Å². The van der Waals surface area contributed by atoms with Crippen molar-refractivity contribution in [1.29, 1.82) is 0 Å². The predicted molar refractivity (Wildman–Crippen MR) is 49.7 cm³/mol. The van der Waals surface area contributed by atoms with Crippen molar-refractivity contribution in [2.24, 2.45) is 0 Å². The molecule has 1 aromatic rings. The summed E-state index contributed by atoms with van der Waals surface area (Å²) in [6, 6.07) is 3.56. The summed E-state index contributed by atoms with van der Waals surface area (Å²) in [7, 11) is 0. The molecule has 0 aliphatic rings. The summed E-state index contributed by atoms with van der Waals surface area (Å²) in [5.74, 6) is -0.857. The predicted octanol–water partition coefficient (Wildman–Crippen LogP) is 3.06. The fourth-order valence-electron chi connectivity index (χ4n) is 1.02. The van der Waals surface area contributed by atoms with Crippen molar-refractivity contribution >= 4 is 15.9 Å². The van der Waals surface area contributed by atoms with Gasteiger partial charge in [0, 0.05) is 10.0 Å². The quantitative estimate of drug-likeness (QED) is 0.874. The number of hydrogen-bond acceptors (Lipinski definition) is 1. The molecule has 5 heteroatoms. The van der Waals surface area contributed by atoms with E-state index in [0.29, 0.717) is 4.47 Å². The van der Waals surface area contributed by atoms with E-state index in [-0.39, 0.29) is 0 Å². The topological polar surface area (TPSA) is 20.2 Å². The zero-order chi connectivity index (χ0) is 10.9. The number of hydrogen-bond donors (Lipinski definition) is 1. The lowest BCUT2D eigenvalue weighted by atomic mass is 9.96.